The van der Waals surface area contributed by atoms with E-state index in [2.05, 4.69) is 36.3 Å². The monoisotopic (exact) mass is 370 g/mol. The predicted molar refractivity (Wildman–Crippen MR) is 102 cm³/mol. The molecule has 3 aromatic rings. The average Bonchev–Trinajstić information content (AvgIpc) is 3.25. The summed E-state index contributed by atoms with van der Waals surface area (Å²) in [6.07, 6.45) is 3.26. The first-order valence-electron chi connectivity index (χ1n) is 8.35. The van der Waals surface area contributed by atoms with Crippen LogP contribution < -0.4 is 5.32 Å². The number of anilines is 1. The second kappa shape index (κ2) is 7.78. The van der Waals surface area contributed by atoms with Gasteiger partial charge in [-0.2, -0.15) is 0 Å². The molecule has 26 heavy (non-hydrogen) atoms. The highest BCUT2D eigenvalue weighted by molar-refractivity contribution is 7.99. The zero-order chi connectivity index (χ0) is 18.6. The number of aromatic nitrogens is 3. The van der Waals surface area contributed by atoms with Gasteiger partial charge >= 0.3 is 0 Å². The van der Waals surface area contributed by atoms with E-state index in [0.29, 0.717) is 11.7 Å². The fourth-order valence-electron chi connectivity index (χ4n) is 2.42. The van der Waals surface area contributed by atoms with Gasteiger partial charge in [-0.25, -0.2) is 0 Å². The van der Waals surface area contributed by atoms with Crippen molar-refractivity contribution in [2.45, 2.75) is 37.9 Å². The van der Waals surface area contributed by atoms with Crippen molar-refractivity contribution in [2.75, 3.05) is 11.1 Å². The molecule has 2 heterocycles. The molecule has 0 saturated heterocycles. The van der Waals surface area contributed by atoms with Crippen LogP contribution in [0.3, 0.4) is 0 Å². The lowest BCUT2D eigenvalue weighted by atomic mass is 9.87. The van der Waals surface area contributed by atoms with Gasteiger partial charge in [0.2, 0.25) is 5.91 Å². The second-order valence-corrected chi connectivity index (χ2v) is 7.93. The fraction of sp³-hybridized carbons (Fsp3) is 0.316. The molecule has 0 spiro atoms. The Balaban J connectivity index is 1.54. The standard InChI is InChI=1S/C19H22N4O2S/c1-19(2,3)14-6-8-15(9-7-14)21-17(24)12-26-18-22-20-13-23(18)11-16-5-4-10-25-16/h4-10,13H,11-12H2,1-3H3,(H,21,24). The van der Waals surface area contributed by atoms with Crippen LogP contribution in [0, 0.1) is 0 Å². The van der Waals surface area contributed by atoms with E-state index in [-0.39, 0.29) is 17.1 Å². The maximum Gasteiger partial charge on any atom is 0.234 e. The number of rotatable bonds is 6. The van der Waals surface area contributed by atoms with Crippen molar-refractivity contribution >= 4 is 23.4 Å². The lowest BCUT2D eigenvalue weighted by molar-refractivity contribution is -0.113. The number of furan rings is 1. The van der Waals surface area contributed by atoms with Crippen molar-refractivity contribution in [1.82, 2.24) is 14.8 Å². The Bertz CT molecular complexity index is 849. The highest BCUT2D eigenvalue weighted by atomic mass is 32.2. The van der Waals surface area contributed by atoms with E-state index in [4.69, 9.17) is 4.42 Å². The number of hydrogen-bond acceptors (Lipinski definition) is 5. The summed E-state index contributed by atoms with van der Waals surface area (Å²) in [5.41, 5.74) is 2.12. The smallest absolute Gasteiger partial charge is 0.234 e. The maximum atomic E-state index is 12.2. The molecule has 136 valence electrons. The Morgan fingerprint density at radius 2 is 2.00 bits per heavy atom. The molecule has 1 amide bonds. The summed E-state index contributed by atoms with van der Waals surface area (Å²) < 4.78 is 7.19. The highest BCUT2D eigenvalue weighted by Crippen LogP contribution is 2.23. The normalized spacial score (nSPS) is 11.5. The second-order valence-electron chi connectivity index (χ2n) is 6.98. The Hall–Kier alpha value is -2.54. The average molecular weight is 370 g/mol. The lowest BCUT2D eigenvalue weighted by Crippen LogP contribution is -2.15. The zero-order valence-electron chi connectivity index (χ0n) is 15.1. The Morgan fingerprint density at radius 3 is 2.65 bits per heavy atom. The van der Waals surface area contributed by atoms with Gasteiger partial charge in [0.25, 0.3) is 0 Å². The molecule has 0 fully saturated rings. The van der Waals surface area contributed by atoms with E-state index in [0.717, 1.165) is 11.4 Å². The summed E-state index contributed by atoms with van der Waals surface area (Å²) in [6.45, 7) is 7.03. The van der Waals surface area contributed by atoms with Gasteiger partial charge in [0.05, 0.1) is 18.6 Å². The zero-order valence-corrected chi connectivity index (χ0v) is 15.9. The molecule has 0 saturated carbocycles. The molecule has 0 aliphatic carbocycles. The number of amides is 1. The third kappa shape index (κ3) is 4.76. The van der Waals surface area contributed by atoms with Crippen LogP contribution in [0.15, 0.2) is 58.6 Å². The minimum Gasteiger partial charge on any atom is -0.467 e. The van der Waals surface area contributed by atoms with E-state index in [9.17, 15) is 4.79 Å². The molecule has 0 bridgehead atoms. The van der Waals surface area contributed by atoms with Crippen molar-refractivity contribution < 1.29 is 9.21 Å². The minimum atomic E-state index is -0.0777. The van der Waals surface area contributed by atoms with Crippen LogP contribution in [0.4, 0.5) is 5.69 Å². The van der Waals surface area contributed by atoms with Gasteiger partial charge in [0.1, 0.15) is 12.1 Å². The SMILES string of the molecule is CC(C)(C)c1ccc(NC(=O)CSc2nncn2Cc2ccco2)cc1. The van der Waals surface area contributed by atoms with Crippen molar-refractivity contribution in [3.05, 3.63) is 60.3 Å². The van der Waals surface area contributed by atoms with Crippen molar-refractivity contribution in [1.29, 1.82) is 0 Å². The van der Waals surface area contributed by atoms with Crippen molar-refractivity contribution in [2.24, 2.45) is 0 Å². The van der Waals surface area contributed by atoms with E-state index < -0.39 is 0 Å². The van der Waals surface area contributed by atoms with Gasteiger partial charge in [-0.05, 0) is 35.2 Å². The van der Waals surface area contributed by atoms with E-state index >= 15 is 0 Å². The highest BCUT2D eigenvalue weighted by Gasteiger charge is 2.14. The fourth-order valence-corrected chi connectivity index (χ4v) is 3.13. The summed E-state index contributed by atoms with van der Waals surface area (Å²) in [6, 6.07) is 11.7. The maximum absolute atomic E-state index is 12.2. The topological polar surface area (TPSA) is 73.0 Å². The van der Waals surface area contributed by atoms with Crippen molar-refractivity contribution in [3.63, 3.8) is 0 Å². The number of benzene rings is 1. The number of carbonyl (C=O) groups excluding carboxylic acids is 1. The Kier molecular flexibility index (Phi) is 5.46. The Morgan fingerprint density at radius 1 is 1.23 bits per heavy atom. The molecule has 0 aliphatic rings. The number of thioether (sulfide) groups is 1. The molecule has 6 nitrogen and oxygen atoms in total. The van der Waals surface area contributed by atoms with Gasteiger partial charge in [-0.3, -0.25) is 4.79 Å². The van der Waals surface area contributed by atoms with Crippen LogP contribution in [0.5, 0.6) is 0 Å². The van der Waals surface area contributed by atoms with Crippen LogP contribution in [0.2, 0.25) is 0 Å². The molecular formula is C19H22N4O2S. The Labute approximate surface area is 157 Å². The first kappa shape index (κ1) is 18.3. The number of nitrogens with zero attached hydrogens (tertiary/aromatic N) is 3. The van der Waals surface area contributed by atoms with Gasteiger partial charge in [-0.1, -0.05) is 44.7 Å². The molecule has 0 unspecified atom stereocenters. The number of carbonyl (C=O) groups is 1. The summed E-state index contributed by atoms with van der Waals surface area (Å²) >= 11 is 1.35. The van der Waals surface area contributed by atoms with Crippen LogP contribution in [-0.4, -0.2) is 26.4 Å². The molecule has 1 N–H and O–H groups in total. The summed E-state index contributed by atoms with van der Waals surface area (Å²) in [5, 5.41) is 11.6. The molecule has 0 aliphatic heterocycles. The molecule has 2 aromatic heterocycles. The first-order chi connectivity index (χ1) is 12.4. The van der Waals surface area contributed by atoms with Crippen LogP contribution in [0.1, 0.15) is 32.1 Å². The van der Waals surface area contributed by atoms with Crippen LogP contribution in [-0.2, 0) is 16.8 Å². The summed E-state index contributed by atoms with van der Waals surface area (Å²) in [5.74, 6) is 0.999. The van der Waals surface area contributed by atoms with E-state index in [1.54, 1.807) is 12.6 Å². The lowest BCUT2D eigenvalue weighted by Gasteiger charge is -2.19. The number of nitrogens with one attached hydrogen (secondary N) is 1. The third-order valence-electron chi connectivity index (χ3n) is 3.85. The predicted octanol–water partition coefficient (Wildman–Crippen LogP) is 3.95. The van der Waals surface area contributed by atoms with Crippen LogP contribution >= 0.6 is 11.8 Å². The van der Waals surface area contributed by atoms with Gasteiger partial charge in [0.15, 0.2) is 5.16 Å². The van der Waals surface area contributed by atoms with Crippen molar-refractivity contribution in [3.8, 4) is 0 Å². The molecule has 0 radical (unpaired) electrons. The van der Waals surface area contributed by atoms with Gasteiger partial charge < -0.3 is 14.3 Å². The van der Waals surface area contributed by atoms with Gasteiger partial charge in [0, 0.05) is 5.69 Å². The minimum absolute atomic E-state index is 0.0777. The molecule has 7 heteroatoms. The third-order valence-corrected chi connectivity index (χ3v) is 4.83. The molecule has 3 rings (SSSR count). The summed E-state index contributed by atoms with van der Waals surface area (Å²) in [7, 11) is 0. The number of hydrogen-bond donors (Lipinski definition) is 1. The molecule has 1 aromatic carbocycles. The van der Waals surface area contributed by atoms with Crippen LogP contribution in [0.25, 0.3) is 0 Å². The quantitative estimate of drug-likeness (QED) is 0.665. The first-order valence-corrected chi connectivity index (χ1v) is 9.34. The van der Waals surface area contributed by atoms with E-state index in [1.165, 1.54) is 17.3 Å². The van der Waals surface area contributed by atoms with E-state index in [1.807, 2.05) is 41.0 Å². The molecule has 0 atom stereocenters. The largest absolute Gasteiger partial charge is 0.467 e. The summed E-state index contributed by atoms with van der Waals surface area (Å²) in [4.78, 5) is 12.2. The molecular weight excluding hydrogens is 348 g/mol. The van der Waals surface area contributed by atoms with Gasteiger partial charge in [-0.15, -0.1) is 10.2 Å².